The molecule has 1 amide bonds. The van der Waals surface area contributed by atoms with Crippen LogP contribution in [0.15, 0.2) is 101 Å². The van der Waals surface area contributed by atoms with Gasteiger partial charge in [-0.2, -0.15) is 5.10 Å². The average Bonchev–Trinajstić information content (AvgIpc) is 3.53. The topological polar surface area (TPSA) is 90.5 Å². The molecule has 3 aromatic carbocycles. The van der Waals surface area contributed by atoms with Crippen LogP contribution in [-0.4, -0.2) is 35.9 Å². The highest BCUT2D eigenvalue weighted by Gasteiger charge is 2.14. The van der Waals surface area contributed by atoms with Gasteiger partial charge in [0.15, 0.2) is 12.4 Å². The number of para-hydroxylation sites is 1. The Balaban J connectivity index is 1.26. The number of anilines is 1. The van der Waals surface area contributed by atoms with Gasteiger partial charge < -0.3 is 5.32 Å². The lowest BCUT2D eigenvalue weighted by atomic mass is 10.2. The second-order valence-electron chi connectivity index (χ2n) is 7.24. The number of hydrogen-bond donors (Lipinski definition) is 1. The Labute approximate surface area is 204 Å². The molecular formula is C24H18ClN7OS. The highest BCUT2D eigenvalue weighted by atomic mass is 35.5. The Kier molecular flexibility index (Phi) is 6.37. The van der Waals surface area contributed by atoms with E-state index in [2.05, 4.69) is 25.8 Å². The summed E-state index contributed by atoms with van der Waals surface area (Å²) in [5.74, 6) is 0.222. The van der Waals surface area contributed by atoms with Crippen LogP contribution < -0.4 is 5.32 Å². The number of nitrogens with zero attached hydrogens (tertiary/aromatic N) is 6. The highest BCUT2D eigenvalue weighted by molar-refractivity contribution is 7.99. The molecule has 0 aliphatic carbocycles. The van der Waals surface area contributed by atoms with E-state index in [0.29, 0.717) is 16.5 Å². The van der Waals surface area contributed by atoms with E-state index in [1.54, 1.807) is 28.7 Å². The summed E-state index contributed by atoms with van der Waals surface area (Å²) in [4.78, 5) is 16.2. The lowest BCUT2D eigenvalue weighted by Gasteiger charge is -2.10. The normalized spacial score (nSPS) is 10.9. The van der Waals surface area contributed by atoms with E-state index in [1.807, 2.05) is 78.9 Å². The Bertz CT molecular complexity index is 1420. The quantitative estimate of drug-likeness (QED) is 0.343. The highest BCUT2D eigenvalue weighted by Crippen LogP contribution is 2.34. The van der Waals surface area contributed by atoms with Gasteiger partial charge in [-0.05, 0) is 47.7 Å². The van der Waals surface area contributed by atoms with Crippen LogP contribution in [-0.2, 0) is 6.67 Å². The van der Waals surface area contributed by atoms with E-state index in [-0.39, 0.29) is 18.3 Å². The van der Waals surface area contributed by atoms with Gasteiger partial charge in [-0.1, -0.05) is 65.8 Å². The predicted octanol–water partition coefficient (Wildman–Crippen LogP) is 5.10. The van der Waals surface area contributed by atoms with Crippen molar-refractivity contribution in [2.75, 3.05) is 5.32 Å². The molecule has 0 fully saturated rings. The van der Waals surface area contributed by atoms with Gasteiger partial charge in [-0.25, -0.2) is 4.68 Å². The molecule has 0 spiro atoms. The standard InChI is InChI=1S/C24H18ClN7OS/c25-18-10-12-19(13-11-18)34-22-9-5-4-8-20(22)26-24(33)21-14-15-31(28-21)16-32-29-23(27-30-32)17-6-2-1-3-7-17/h1-15H,16H2,(H,26,33). The lowest BCUT2D eigenvalue weighted by Crippen LogP contribution is -2.16. The molecule has 0 aliphatic rings. The van der Waals surface area contributed by atoms with Crippen LogP contribution in [0.1, 0.15) is 10.5 Å². The van der Waals surface area contributed by atoms with Gasteiger partial charge >= 0.3 is 0 Å². The SMILES string of the molecule is O=C(Nc1ccccc1Sc1ccc(Cl)cc1)c1ccn(Cn2nnc(-c3ccccc3)n2)n1. The van der Waals surface area contributed by atoms with E-state index in [1.165, 1.54) is 4.80 Å². The van der Waals surface area contributed by atoms with E-state index in [0.717, 1.165) is 15.4 Å². The first kappa shape index (κ1) is 21.9. The lowest BCUT2D eigenvalue weighted by molar-refractivity contribution is 0.102. The largest absolute Gasteiger partial charge is 0.320 e. The van der Waals surface area contributed by atoms with Crippen LogP contribution in [0.4, 0.5) is 5.69 Å². The first-order valence-corrected chi connectivity index (χ1v) is 11.5. The molecule has 8 nitrogen and oxygen atoms in total. The molecule has 0 unspecified atom stereocenters. The fourth-order valence-electron chi connectivity index (χ4n) is 3.17. The zero-order valence-electron chi connectivity index (χ0n) is 17.7. The van der Waals surface area contributed by atoms with E-state index in [4.69, 9.17) is 11.6 Å². The summed E-state index contributed by atoms with van der Waals surface area (Å²) >= 11 is 7.52. The third-order valence-corrected chi connectivity index (χ3v) is 6.14. The minimum absolute atomic E-state index is 0.232. The Morgan fingerprint density at radius 2 is 1.68 bits per heavy atom. The van der Waals surface area contributed by atoms with Crippen molar-refractivity contribution in [3.05, 3.63) is 102 Å². The van der Waals surface area contributed by atoms with Crippen LogP contribution in [0.2, 0.25) is 5.02 Å². The molecule has 5 rings (SSSR count). The molecule has 0 radical (unpaired) electrons. The summed E-state index contributed by atoms with van der Waals surface area (Å²) in [5, 5.41) is 20.5. The smallest absolute Gasteiger partial charge is 0.276 e. The molecule has 0 atom stereocenters. The van der Waals surface area contributed by atoms with Crippen molar-refractivity contribution in [2.45, 2.75) is 16.5 Å². The molecule has 2 heterocycles. The maximum atomic E-state index is 12.9. The minimum Gasteiger partial charge on any atom is -0.320 e. The first-order chi connectivity index (χ1) is 16.6. The number of rotatable bonds is 7. The number of tetrazole rings is 1. The average molecular weight is 488 g/mol. The maximum Gasteiger partial charge on any atom is 0.276 e. The summed E-state index contributed by atoms with van der Waals surface area (Å²) in [6.07, 6.45) is 1.70. The summed E-state index contributed by atoms with van der Waals surface area (Å²) in [6, 6.07) is 26.4. The number of aromatic nitrogens is 6. The second-order valence-corrected chi connectivity index (χ2v) is 8.79. The summed E-state index contributed by atoms with van der Waals surface area (Å²) < 4.78 is 1.58. The van der Waals surface area contributed by atoms with Gasteiger partial charge in [0.25, 0.3) is 5.91 Å². The van der Waals surface area contributed by atoms with Crippen LogP contribution >= 0.6 is 23.4 Å². The Morgan fingerprint density at radius 3 is 2.50 bits per heavy atom. The third-order valence-electron chi connectivity index (χ3n) is 4.81. The summed E-state index contributed by atoms with van der Waals surface area (Å²) in [5.41, 5.74) is 1.87. The molecule has 2 aromatic heterocycles. The molecular weight excluding hydrogens is 470 g/mol. The monoisotopic (exact) mass is 487 g/mol. The van der Waals surface area contributed by atoms with Gasteiger partial charge in [0, 0.05) is 26.6 Å². The number of amides is 1. The van der Waals surface area contributed by atoms with Crippen LogP contribution in [0, 0.1) is 0 Å². The minimum atomic E-state index is -0.306. The predicted molar refractivity (Wildman–Crippen MR) is 131 cm³/mol. The molecule has 0 aliphatic heterocycles. The van der Waals surface area contributed by atoms with E-state index in [9.17, 15) is 4.79 Å². The molecule has 34 heavy (non-hydrogen) atoms. The van der Waals surface area contributed by atoms with Crippen LogP contribution in [0.25, 0.3) is 11.4 Å². The number of carbonyl (C=O) groups is 1. The molecule has 5 aromatic rings. The molecule has 168 valence electrons. The molecule has 10 heteroatoms. The molecule has 0 saturated carbocycles. The Hall–Kier alpha value is -3.95. The van der Waals surface area contributed by atoms with E-state index >= 15 is 0 Å². The number of carbonyl (C=O) groups excluding carboxylic acids is 1. The first-order valence-electron chi connectivity index (χ1n) is 10.3. The zero-order valence-corrected chi connectivity index (χ0v) is 19.3. The van der Waals surface area contributed by atoms with Crippen molar-refractivity contribution in [3.63, 3.8) is 0 Å². The van der Waals surface area contributed by atoms with Gasteiger partial charge in [-0.15, -0.1) is 15.0 Å². The number of nitrogens with one attached hydrogen (secondary N) is 1. The number of halogens is 1. The van der Waals surface area contributed by atoms with Crippen molar-refractivity contribution in [2.24, 2.45) is 0 Å². The third kappa shape index (κ3) is 5.16. The van der Waals surface area contributed by atoms with E-state index < -0.39 is 0 Å². The fraction of sp³-hybridized carbons (Fsp3) is 0.0417. The van der Waals surface area contributed by atoms with Gasteiger partial charge in [0.05, 0.1) is 5.69 Å². The number of benzene rings is 3. The molecule has 1 N–H and O–H groups in total. The van der Waals surface area contributed by atoms with Crippen molar-refractivity contribution in [1.29, 1.82) is 0 Å². The van der Waals surface area contributed by atoms with Gasteiger partial charge in [-0.3, -0.25) is 4.79 Å². The summed E-state index contributed by atoms with van der Waals surface area (Å²) in [7, 11) is 0. The van der Waals surface area contributed by atoms with Crippen LogP contribution in [0.5, 0.6) is 0 Å². The van der Waals surface area contributed by atoms with Crippen molar-refractivity contribution >= 4 is 35.0 Å². The van der Waals surface area contributed by atoms with Crippen LogP contribution in [0.3, 0.4) is 0 Å². The maximum absolute atomic E-state index is 12.9. The van der Waals surface area contributed by atoms with Crippen molar-refractivity contribution in [1.82, 2.24) is 30.0 Å². The second kappa shape index (κ2) is 9.90. The zero-order chi connectivity index (χ0) is 23.3. The van der Waals surface area contributed by atoms with Crippen molar-refractivity contribution in [3.8, 4) is 11.4 Å². The van der Waals surface area contributed by atoms with Gasteiger partial charge in [0.2, 0.25) is 5.82 Å². The Morgan fingerprint density at radius 1 is 0.912 bits per heavy atom. The number of hydrogen-bond acceptors (Lipinski definition) is 6. The fourth-order valence-corrected chi connectivity index (χ4v) is 4.20. The molecule has 0 bridgehead atoms. The van der Waals surface area contributed by atoms with Crippen molar-refractivity contribution < 1.29 is 4.79 Å². The summed E-state index contributed by atoms with van der Waals surface area (Å²) in [6.45, 7) is 0.232. The molecule has 0 saturated heterocycles. The van der Waals surface area contributed by atoms with Gasteiger partial charge in [0.1, 0.15) is 0 Å².